The Morgan fingerprint density at radius 3 is 2.73 bits per heavy atom. The molecule has 0 radical (unpaired) electrons. The second-order valence-electron chi connectivity index (χ2n) is 3.53. The number of rotatable bonds is 6. The molecule has 0 atom stereocenters. The molecule has 0 saturated heterocycles. The third-order valence-electron chi connectivity index (χ3n) is 2.20. The molecular weight excluding hydrogens is 190 g/mol. The van der Waals surface area contributed by atoms with E-state index in [-0.39, 0.29) is 0 Å². The van der Waals surface area contributed by atoms with E-state index in [2.05, 4.69) is 9.97 Å². The van der Waals surface area contributed by atoms with Crippen LogP contribution in [0.15, 0.2) is 12.4 Å². The highest BCUT2D eigenvalue weighted by atomic mass is 16.1. The van der Waals surface area contributed by atoms with Crippen LogP contribution in [0.2, 0.25) is 0 Å². The standard InChI is InChI=1S/C11H17N3O/c1-2-4-9(15)5-3-6-10-11(12)14-8-7-13-10/h7-8H,2-6H2,1H3,(H2,12,14). The lowest BCUT2D eigenvalue weighted by atomic mass is 10.1. The third kappa shape index (κ3) is 4.06. The normalized spacial score (nSPS) is 10.2. The summed E-state index contributed by atoms with van der Waals surface area (Å²) in [5.74, 6) is 0.792. The number of anilines is 1. The molecule has 2 N–H and O–H groups in total. The number of hydrogen-bond donors (Lipinski definition) is 1. The fraction of sp³-hybridized carbons (Fsp3) is 0.545. The monoisotopic (exact) mass is 207 g/mol. The summed E-state index contributed by atoms with van der Waals surface area (Å²) >= 11 is 0. The highest BCUT2D eigenvalue weighted by Gasteiger charge is 2.03. The lowest BCUT2D eigenvalue weighted by Gasteiger charge is -2.02. The molecule has 4 heteroatoms. The Bertz CT molecular complexity index is 325. The highest BCUT2D eigenvalue weighted by Crippen LogP contribution is 2.08. The Hall–Kier alpha value is -1.45. The van der Waals surface area contributed by atoms with Gasteiger partial charge in [-0.15, -0.1) is 0 Å². The van der Waals surface area contributed by atoms with Gasteiger partial charge < -0.3 is 5.73 Å². The first kappa shape index (κ1) is 11.6. The molecule has 0 aliphatic heterocycles. The molecule has 1 aromatic heterocycles. The maximum Gasteiger partial charge on any atom is 0.145 e. The fourth-order valence-corrected chi connectivity index (χ4v) is 1.43. The summed E-state index contributed by atoms with van der Waals surface area (Å²) in [5.41, 5.74) is 6.43. The van der Waals surface area contributed by atoms with Crippen molar-refractivity contribution in [2.24, 2.45) is 0 Å². The van der Waals surface area contributed by atoms with Crippen molar-refractivity contribution in [3.63, 3.8) is 0 Å². The number of hydrogen-bond acceptors (Lipinski definition) is 4. The van der Waals surface area contributed by atoms with E-state index in [1.165, 1.54) is 0 Å². The van der Waals surface area contributed by atoms with Crippen molar-refractivity contribution in [1.29, 1.82) is 0 Å². The minimum atomic E-state index is 0.319. The van der Waals surface area contributed by atoms with Crippen LogP contribution in [0.4, 0.5) is 5.82 Å². The number of nitrogens with zero attached hydrogens (tertiary/aromatic N) is 2. The van der Waals surface area contributed by atoms with E-state index in [1.54, 1.807) is 12.4 Å². The van der Waals surface area contributed by atoms with E-state index in [1.807, 2.05) is 6.92 Å². The predicted molar refractivity (Wildman–Crippen MR) is 59.3 cm³/mol. The van der Waals surface area contributed by atoms with Crippen molar-refractivity contribution in [3.8, 4) is 0 Å². The second kappa shape index (κ2) is 6.11. The van der Waals surface area contributed by atoms with Gasteiger partial charge in [-0.2, -0.15) is 0 Å². The Labute approximate surface area is 89.9 Å². The topological polar surface area (TPSA) is 68.9 Å². The molecule has 4 nitrogen and oxygen atoms in total. The third-order valence-corrected chi connectivity index (χ3v) is 2.20. The number of nitrogen functional groups attached to an aromatic ring is 1. The molecule has 1 aromatic rings. The number of Topliss-reactive ketones (excluding diaryl/α,β-unsaturated/α-hetero) is 1. The van der Waals surface area contributed by atoms with Gasteiger partial charge in [0.1, 0.15) is 11.6 Å². The molecule has 0 aromatic carbocycles. The number of aryl methyl sites for hydroxylation is 1. The van der Waals surface area contributed by atoms with Crippen molar-refractivity contribution in [1.82, 2.24) is 9.97 Å². The van der Waals surface area contributed by atoms with Crippen molar-refractivity contribution in [2.75, 3.05) is 5.73 Å². The summed E-state index contributed by atoms with van der Waals surface area (Å²) in [4.78, 5) is 19.3. The molecule has 0 bridgehead atoms. The molecule has 0 aliphatic carbocycles. The van der Waals surface area contributed by atoms with Crippen LogP contribution in [-0.4, -0.2) is 15.8 Å². The highest BCUT2D eigenvalue weighted by molar-refractivity contribution is 5.78. The molecule has 0 unspecified atom stereocenters. The van der Waals surface area contributed by atoms with Crippen LogP contribution < -0.4 is 5.73 Å². The summed E-state index contributed by atoms with van der Waals surface area (Å²) in [5, 5.41) is 0. The largest absolute Gasteiger partial charge is 0.382 e. The average molecular weight is 207 g/mol. The molecule has 0 saturated carbocycles. The van der Waals surface area contributed by atoms with E-state index in [9.17, 15) is 4.79 Å². The molecule has 1 heterocycles. The molecule has 0 aliphatic rings. The van der Waals surface area contributed by atoms with Gasteiger partial charge in [-0.25, -0.2) is 4.98 Å². The predicted octanol–water partition coefficient (Wildman–Crippen LogP) is 1.75. The number of carbonyl (C=O) groups excluding carboxylic acids is 1. The van der Waals surface area contributed by atoms with Crippen molar-refractivity contribution < 1.29 is 4.79 Å². The summed E-state index contributed by atoms with van der Waals surface area (Å²) < 4.78 is 0. The Balaban J connectivity index is 2.32. The SMILES string of the molecule is CCCC(=O)CCCc1nccnc1N. The van der Waals surface area contributed by atoms with Crippen molar-refractivity contribution in [2.45, 2.75) is 39.0 Å². The van der Waals surface area contributed by atoms with Crippen LogP contribution in [-0.2, 0) is 11.2 Å². The van der Waals surface area contributed by atoms with Gasteiger partial charge in [0.15, 0.2) is 0 Å². The lowest BCUT2D eigenvalue weighted by Crippen LogP contribution is -2.02. The zero-order chi connectivity index (χ0) is 11.1. The molecule has 0 fully saturated rings. The van der Waals surface area contributed by atoms with E-state index < -0.39 is 0 Å². The van der Waals surface area contributed by atoms with Crippen molar-refractivity contribution in [3.05, 3.63) is 18.1 Å². The smallest absolute Gasteiger partial charge is 0.145 e. The first-order chi connectivity index (χ1) is 7.24. The maximum absolute atomic E-state index is 11.3. The molecule has 1 rings (SSSR count). The number of carbonyl (C=O) groups is 1. The molecule has 15 heavy (non-hydrogen) atoms. The minimum Gasteiger partial charge on any atom is -0.382 e. The van der Waals surface area contributed by atoms with Gasteiger partial charge in [0.2, 0.25) is 0 Å². The van der Waals surface area contributed by atoms with Gasteiger partial charge in [-0.05, 0) is 19.3 Å². The van der Waals surface area contributed by atoms with Crippen LogP contribution >= 0.6 is 0 Å². The Morgan fingerprint density at radius 2 is 2.07 bits per heavy atom. The number of nitrogens with two attached hydrogens (primary N) is 1. The maximum atomic E-state index is 11.3. The van der Waals surface area contributed by atoms with Crippen LogP contribution in [0, 0.1) is 0 Å². The van der Waals surface area contributed by atoms with E-state index >= 15 is 0 Å². The van der Waals surface area contributed by atoms with Gasteiger partial charge in [0.05, 0.1) is 5.69 Å². The summed E-state index contributed by atoms with van der Waals surface area (Å²) in [6.45, 7) is 2.01. The minimum absolute atomic E-state index is 0.319. The number of aromatic nitrogens is 2. The van der Waals surface area contributed by atoms with Crippen LogP contribution in [0.1, 0.15) is 38.3 Å². The van der Waals surface area contributed by atoms with Crippen LogP contribution in [0.3, 0.4) is 0 Å². The first-order valence-electron chi connectivity index (χ1n) is 5.31. The molecule has 82 valence electrons. The van der Waals surface area contributed by atoms with Gasteiger partial charge in [-0.1, -0.05) is 6.92 Å². The summed E-state index contributed by atoms with van der Waals surface area (Å²) in [6, 6.07) is 0. The van der Waals surface area contributed by atoms with Crippen LogP contribution in [0.25, 0.3) is 0 Å². The van der Waals surface area contributed by atoms with E-state index in [0.717, 1.165) is 25.0 Å². The van der Waals surface area contributed by atoms with Gasteiger partial charge in [0.25, 0.3) is 0 Å². The number of ketones is 1. The van der Waals surface area contributed by atoms with Gasteiger partial charge in [0, 0.05) is 25.2 Å². The second-order valence-corrected chi connectivity index (χ2v) is 3.53. The Kier molecular flexibility index (Phi) is 4.74. The fourth-order valence-electron chi connectivity index (χ4n) is 1.43. The van der Waals surface area contributed by atoms with Crippen molar-refractivity contribution >= 4 is 11.6 Å². The quantitative estimate of drug-likeness (QED) is 0.771. The zero-order valence-electron chi connectivity index (χ0n) is 9.07. The van der Waals surface area contributed by atoms with Gasteiger partial charge in [-0.3, -0.25) is 9.78 Å². The van der Waals surface area contributed by atoms with E-state index in [4.69, 9.17) is 5.73 Å². The van der Waals surface area contributed by atoms with Gasteiger partial charge >= 0.3 is 0 Å². The molecule has 0 amide bonds. The Morgan fingerprint density at radius 1 is 1.33 bits per heavy atom. The zero-order valence-corrected chi connectivity index (χ0v) is 9.07. The molecular formula is C11H17N3O. The first-order valence-corrected chi connectivity index (χ1v) is 5.31. The van der Waals surface area contributed by atoms with Crippen LogP contribution in [0.5, 0.6) is 0 Å². The lowest BCUT2D eigenvalue weighted by molar-refractivity contribution is -0.119. The molecule has 0 spiro atoms. The summed E-state index contributed by atoms with van der Waals surface area (Å²) in [6.07, 6.45) is 6.95. The average Bonchev–Trinajstić information content (AvgIpc) is 2.21. The summed E-state index contributed by atoms with van der Waals surface area (Å²) in [7, 11) is 0. The van der Waals surface area contributed by atoms with E-state index in [0.29, 0.717) is 24.4 Å².